The highest BCUT2D eigenvalue weighted by molar-refractivity contribution is 7.18. The van der Waals surface area contributed by atoms with E-state index >= 15 is 0 Å². The number of hydrogen-bond acceptors (Lipinski definition) is 4. The molecule has 22 heavy (non-hydrogen) atoms. The summed E-state index contributed by atoms with van der Waals surface area (Å²) in [5.74, 6) is -0.156. The molecule has 0 saturated heterocycles. The largest absolute Gasteiger partial charge is 0.296 e. The van der Waals surface area contributed by atoms with Crippen molar-refractivity contribution < 1.29 is 4.79 Å². The quantitative estimate of drug-likeness (QED) is 0.793. The summed E-state index contributed by atoms with van der Waals surface area (Å²) in [7, 11) is 0. The standard InChI is InChI=1S/C17H15N3OS/c1-11-8-9-12(2)14(10-11)15(21)18-17-20-19-16(22-17)13-6-4-3-5-7-13/h3-10H,1-2H3,(H,18,20,21). The van der Waals surface area contributed by atoms with Crippen molar-refractivity contribution in [3.63, 3.8) is 0 Å². The van der Waals surface area contributed by atoms with Crippen molar-refractivity contribution in [3.8, 4) is 10.6 Å². The summed E-state index contributed by atoms with van der Waals surface area (Å²) >= 11 is 1.36. The second-order valence-corrected chi connectivity index (χ2v) is 6.03. The fraction of sp³-hybridized carbons (Fsp3) is 0.118. The summed E-state index contributed by atoms with van der Waals surface area (Å²) in [5.41, 5.74) is 3.65. The Morgan fingerprint density at radius 3 is 2.59 bits per heavy atom. The molecule has 4 nitrogen and oxygen atoms in total. The minimum atomic E-state index is -0.156. The summed E-state index contributed by atoms with van der Waals surface area (Å²) in [5, 5.41) is 12.3. The summed E-state index contributed by atoms with van der Waals surface area (Å²) in [4.78, 5) is 12.4. The number of anilines is 1. The first-order valence-corrected chi connectivity index (χ1v) is 7.72. The second-order valence-electron chi connectivity index (χ2n) is 5.05. The van der Waals surface area contributed by atoms with E-state index in [2.05, 4.69) is 15.5 Å². The van der Waals surface area contributed by atoms with Gasteiger partial charge in [0.05, 0.1) is 0 Å². The van der Waals surface area contributed by atoms with Crippen molar-refractivity contribution in [3.05, 3.63) is 65.2 Å². The average molecular weight is 309 g/mol. The van der Waals surface area contributed by atoms with Crippen molar-refractivity contribution >= 4 is 22.4 Å². The summed E-state index contributed by atoms with van der Waals surface area (Å²) in [6.07, 6.45) is 0. The summed E-state index contributed by atoms with van der Waals surface area (Å²) in [6, 6.07) is 15.6. The van der Waals surface area contributed by atoms with Crippen molar-refractivity contribution in [2.75, 3.05) is 5.32 Å². The Morgan fingerprint density at radius 2 is 1.82 bits per heavy atom. The van der Waals surface area contributed by atoms with Crippen LogP contribution in [0.25, 0.3) is 10.6 Å². The number of carbonyl (C=O) groups excluding carboxylic acids is 1. The zero-order chi connectivity index (χ0) is 15.5. The van der Waals surface area contributed by atoms with Crippen LogP contribution in [0.2, 0.25) is 0 Å². The van der Waals surface area contributed by atoms with E-state index in [4.69, 9.17) is 0 Å². The Morgan fingerprint density at radius 1 is 1.05 bits per heavy atom. The van der Waals surface area contributed by atoms with E-state index in [0.717, 1.165) is 21.7 Å². The number of rotatable bonds is 3. The molecule has 2 aromatic carbocycles. The van der Waals surface area contributed by atoms with Gasteiger partial charge in [0.2, 0.25) is 5.13 Å². The molecule has 0 radical (unpaired) electrons. The molecule has 3 aromatic rings. The molecule has 1 aromatic heterocycles. The van der Waals surface area contributed by atoms with Gasteiger partial charge in [-0.2, -0.15) is 0 Å². The highest BCUT2D eigenvalue weighted by atomic mass is 32.1. The van der Waals surface area contributed by atoms with Crippen molar-refractivity contribution in [2.24, 2.45) is 0 Å². The van der Waals surface area contributed by atoms with Crippen molar-refractivity contribution in [1.29, 1.82) is 0 Å². The van der Waals surface area contributed by atoms with E-state index in [1.165, 1.54) is 11.3 Å². The molecule has 0 atom stereocenters. The lowest BCUT2D eigenvalue weighted by Gasteiger charge is -2.05. The van der Waals surface area contributed by atoms with Gasteiger partial charge in [0, 0.05) is 11.1 Å². The molecule has 0 fully saturated rings. The second kappa shape index (κ2) is 6.07. The number of nitrogens with one attached hydrogen (secondary N) is 1. The van der Waals surface area contributed by atoms with Crippen LogP contribution in [0, 0.1) is 13.8 Å². The molecule has 0 aliphatic rings. The first-order chi connectivity index (χ1) is 10.6. The highest BCUT2D eigenvalue weighted by Crippen LogP contribution is 2.26. The van der Waals surface area contributed by atoms with Gasteiger partial charge in [-0.3, -0.25) is 10.1 Å². The lowest BCUT2D eigenvalue weighted by molar-refractivity contribution is 0.102. The van der Waals surface area contributed by atoms with Crippen LogP contribution in [-0.4, -0.2) is 16.1 Å². The first kappa shape index (κ1) is 14.4. The Hall–Kier alpha value is -2.53. The van der Waals surface area contributed by atoms with Crippen LogP contribution in [0.3, 0.4) is 0 Å². The monoisotopic (exact) mass is 309 g/mol. The van der Waals surface area contributed by atoms with Gasteiger partial charge in [0.1, 0.15) is 5.01 Å². The van der Waals surface area contributed by atoms with E-state index in [1.54, 1.807) is 0 Å². The molecule has 3 rings (SSSR count). The van der Waals surface area contributed by atoms with Gasteiger partial charge in [-0.25, -0.2) is 0 Å². The molecule has 0 aliphatic heterocycles. The smallest absolute Gasteiger partial charge is 0.257 e. The van der Waals surface area contributed by atoms with Crippen LogP contribution in [-0.2, 0) is 0 Å². The molecule has 1 heterocycles. The third-order valence-corrected chi connectivity index (χ3v) is 4.19. The lowest BCUT2D eigenvalue weighted by atomic mass is 10.1. The first-order valence-electron chi connectivity index (χ1n) is 6.91. The molecule has 0 aliphatic carbocycles. The van der Waals surface area contributed by atoms with Crippen LogP contribution in [0.5, 0.6) is 0 Å². The Labute approximate surface area is 132 Å². The van der Waals surface area contributed by atoms with Crippen LogP contribution in [0.1, 0.15) is 21.5 Å². The molecule has 0 bridgehead atoms. The summed E-state index contributed by atoms with van der Waals surface area (Å²) < 4.78 is 0. The van der Waals surface area contributed by atoms with E-state index < -0.39 is 0 Å². The van der Waals surface area contributed by atoms with Gasteiger partial charge in [-0.1, -0.05) is 59.4 Å². The normalized spacial score (nSPS) is 10.5. The zero-order valence-corrected chi connectivity index (χ0v) is 13.1. The number of aromatic nitrogens is 2. The predicted molar refractivity (Wildman–Crippen MR) is 89.2 cm³/mol. The molecule has 0 saturated carbocycles. The van der Waals surface area contributed by atoms with Crippen molar-refractivity contribution in [1.82, 2.24) is 10.2 Å². The van der Waals surface area contributed by atoms with Crippen LogP contribution >= 0.6 is 11.3 Å². The molecule has 1 amide bonds. The molecular formula is C17H15N3OS. The van der Waals surface area contributed by atoms with E-state index in [0.29, 0.717) is 10.7 Å². The van der Waals surface area contributed by atoms with Gasteiger partial charge in [-0.15, -0.1) is 10.2 Å². The fourth-order valence-corrected chi connectivity index (χ4v) is 2.86. The van der Waals surface area contributed by atoms with Crippen LogP contribution in [0.4, 0.5) is 5.13 Å². The number of aryl methyl sites for hydroxylation is 2. The minimum Gasteiger partial charge on any atom is -0.296 e. The van der Waals surface area contributed by atoms with Gasteiger partial charge in [0.15, 0.2) is 0 Å². The van der Waals surface area contributed by atoms with Gasteiger partial charge in [0.25, 0.3) is 5.91 Å². The fourth-order valence-electron chi connectivity index (χ4n) is 2.12. The number of nitrogens with zero attached hydrogens (tertiary/aromatic N) is 2. The number of benzene rings is 2. The maximum Gasteiger partial charge on any atom is 0.257 e. The molecular weight excluding hydrogens is 294 g/mol. The van der Waals surface area contributed by atoms with E-state index in [9.17, 15) is 4.79 Å². The molecule has 0 unspecified atom stereocenters. The van der Waals surface area contributed by atoms with Crippen LogP contribution in [0.15, 0.2) is 48.5 Å². The molecule has 0 spiro atoms. The van der Waals surface area contributed by atoms with Gasteiger partial charge in [-0.05, 0) is 25.5 Å². The average Bonchev–Trinajstić information content (AvgIpc) is 2.99. The van der Waals surface area contributed by atoms with Gasteiger partial charge >= 0.3 is 0 Å². The SMILES string of the molecule is Cc1ccc(C)c(C(=O)Nc2nnc(-c3ccccc3)s2)c1. The third-order valence-electron chi connectivity index (χ3n) is 3.30. The van der Waals surface area contributed by atoms with E-state index in [1.807, 2.05) is 62.4 Å². The molecule has 110 valence electrons. The van der Waals surface area contributed by atoms with E-state index in [-0.39, 0.29) is 5.91 Å². The number of carbonyl (C=O) groups is 1. The maximum absolute atomic E-state index is 12.4. The zero-order valence-electron chi connectivity index (χ0n) is 12.3. The van der Waals surface area contributed by atoms with Crippen molar-refractivity contribution in [2.45, 2.75) is 13.8 Å². The molecule has 1 N–H and O–H groups in total. The highest BCUT2D eigenvalue weighted by Gasteiger charge is 2.13. The predicted octanol–water partition coefficient (Wildman–Crippen LogP) is 4.07. The minimum absolute atomic E-state index is 0.156. The number of amides is 1. The Bertz CT molecular complexity index is 812. The lowest BCUT2D eigenvalue weighted by Crippen LogP contribution is -2.13. The van der Waals surface area contributed by atoms with Crippen LogP contribution < -0.4 is 5.32 Å². The topological polar surface area (TPSA) is 54.9 Å². The molecule has 5 heteroatoms. The maximum atomic E-state index is 12.4. The number of hydrogen-bond donors (Lipinski definition) is 1. The van der Waals surface area contributed by atoms with Gasteiger partial charge < -0.3 is 0 Å². The third kappa shape index (κ3) is 3.04. The Kier molecular flexibility index (Phi) is 3.98. The Balaban J connectivity index is 1.81. The summed E-state index contributed by atoms with van der Waals surface area (Å²) in [6.45, 7) is 3.89.